The van der Waals surface area contributed by atoms with Crippen molar-refractivity contribution in [2.24, 2.45) is 7.05 Å². The zero-order chi connectivity index (χ0) is 21.6. The van der Waals surface area contributed by atoms with Gasteiger partial charge in [-0.3, -0.25) is 4.79 Å². The molecule has 0 aliphatic carbocycles. The lowest BCUT2D eigenvalue weighted by atomic mass is 10.1. The van der Waals surface area contributed by atoms with Gasteiger partial charge in [-0.2, -0.15) is 4.98 Å². The number of nitrogens with zero attached hydrogens (tertiary/aromatic N) is 4. The topological polar surface area (TPSA) is 85.8 Å². The second-order valence-electron chi connectivity index (χ2n) is 7.18. The predicted octanol–water partition coefficient (Wildman–Crippen LogP) is 3.84. The molecule has 2 aromatic carbocycles. The Morgan fingerprint density at radius 2 is 2.03 bits per heavy atom. The highest BCUT2D eigenvalue weighted by Gasteiger charge is 2.21. The first-order chi connectivity index (χ1) is 15.1. The molecule has 1 amide bonds. The molecule has 0 fully saturated rings. The highest BCUT2D eigenvalue weighted by atomic mass is 19.1. The van der Waals surface area contributed by atoms with Crippen molar-refractivity contribution in [2.75, 3.05) is 0 Å². The van der Waals surface area contributed by atoms with E-state index in [0.29, 0.717) is 35.9 Å². The number of carbonyl (C=O) groups is 1. The Morgan fingerprint density at radius 3 is 2.77 bits per heavy atom. The van der Waals surface area contributed by atoms with Gasteiger partial charge < -0.3 is 14.4 Å². The normalized spacial score (nSPS) is 11.9. The SMILES string of the molecule is Cn1ccnc1[C@H](NC(=O)CCCc1nc(-c2ccccc2)no1)c1cccc(F)c1. The average Bonchev–Trinajstić information content (AvgIpc) is 3.42. The molecule has 0 radical (unpaired) electrons. The fourth-order valence-corrected chi connectivity index (χ4v) is 3.33. The summed E-state index contributed by atoms with van der Waals surface area (Å²) in [5.41, 5.74) is 1.51. The van der Waals surface area contributed by atoms with Crippen molar-refractivity contribution >= 4 is 5.91 Å². The highest BCUT2D eigenvalue weighted by Crippen LogP contribution is 2.22. The summed E-state index contributed by atoms with van der Waals surface area (Å²) < 4.78 is 20.9. The number of benzene rings is 2. The van der Waals surface area contributed by atoms with Gasteiger partial charge in [0.2, 0.25) is 17.6 Å². The molecule has 4 rings (SSSR count). The Hall–Kier alpha value is -3.81. The molecule has 8 heteroatoms. The van der Waals surface area contributed by atoms with E-state index in [9.17, 15) is 9.18 Å². The zero-order valence-electron chi connectivity index (χ0n) is 17.0. The summed E-state index contributed by atoms with van der Waals surface area (Å²) in [5, 5.41) is 6.96. The van der Waals surface area contributed by atoms with Crippen LogP contribution in [0.2, 0.25) is 0 Å². The van der Waals surface area contributed by atoms with Gasteiger partial charge in [-0.25, -0.2) is 9.37 Å². The zero-order valence-corrected chi connectivity index (χ0v) is 17.0. The van der Waals surface area contributed by atoms with Crippen LogP contribution in [0, 0.1) is 5.82 Å². The van der Waals surface area contributed by atoms with Crippen LogP contribution in [0.15, 0.2) is 71.5 Å². The molecule has 0 spiro atoms. The van der Waals surface area contributed by atoms with Crippen LogP contribution < -0.4 is 5.32 Å². The van der Waals surface area contributed by atoms with E-state index in [1.807, 2.05) is 37.4 Å². The molecule has 2 heterocycles. The maximum Gasteiger partial charge on any atom is 0.226 e. The van der Waals surface area contributed by atoms with E-state index in [4.69, 9.17) is 4.52 Å². The lowest BCUT2D eigenvalue weighted by Gasteiger charge is -2.19. The van der Waals surface area contributed by atoms with Crippen molar-refractivity contribution in [3.63, 3.8) is 0 Å². The van der Waals surface area contributed by atoms with Crippen molar-refractivity contribution in [3.05, 3.63) is 90.1 Å². The van der Waals surface area contributed by atoms with Crippen molar-refractivity contribution in [1.29, 1.82) is 0 Å². The van der Waals surface area contributed by atoms with Gasteiger partial charge in [0.15, 0.2) is 0 Å². The quantitative estimate of drug-likeness (QED) is 0.469. The van der Waals surface area contributed by atoms with Crippen LogP contribution in [0.1, 0.15) is 36.2 Å². The van der Waals surface area contributed by atoms with E-state index in [-0.39, 0.29) is 18.1 Å². The maximum atomic E-state index is 13.8. The van der Waals surface area contributed by atoms with E-state index < -0.39 is 6.04 Å². The van der Waals surface area contributed by atoms with Crippen LogP contribution in [0.4, 0.5) is 4.39 Å². The third-order valence-corrected chi connectivity index (χ3v) is 4.90. The van der Waals surface area contributed by atoms with Gasteiger partial charge in [-0.15, -0.1) is 0 Å². The molecule has 31 heavy (non-hydrogen) atoms. The number of imidazole rings is 1. The molecule has 158 valence electrons. The van der Waals surface area contributed by atoms with Gasteiger partial charge in [-0.05, 0) is 24.1 Å². The van der Waals surface area contributed by atoms with E-state index in [1.54, 1.807) is 29.1 Å². The Bertz CT molecular complexity index is 1160. The van der Waals surface area contributed by atoms with E-state index >= 15 is 0 Å². The molecule has 0 saturated heterocycles. The van der Waals surface area contributed by atoms with Crippen molar-refractivity contribution in [3.8, 4) is 11.4 Å². The van der Waals surface area contributed by atoms with E-state index in [2.05, 4.69) is 20.4 Å². The molecule has 4 aromatic rings. The molecule has 0 saturated carbocycles. The number of carbonyl (C=O) groups excluding carboxylic acids is 1. The third-order valence-electron chi connectivity index (χ3n) is 4.90. The van der Waals surface area contributed by atoms with Gasteiger partial charge in [0.1, 0.15) is 17.7 Å². The van der Waals surface area contributed by atoms with Crippen LogP contribution in [0.25, 0.3) is 11.4 Å². The van der Waals surface area contributed by atoms with Crippen LogP contribution in [0.3, 0.4) is 0 Å². The van der Waals surface area contributed by atoms with Gasteiger partial charge in [0, 0.05) is 37.8 Å². The molecule has 0 aliphatic rings. The first-order valence-corrected chi connectivity index (χ1v) is 10.00. The Kier molecular flexibility index (Phi) is 6.16. The lowest BCUT2D eigenvalue weighted by Crippen LogP contribution is -2.31. The number of amides is 1. The monoisotopic (exact) mass is 419 g/mol. The number of hydrogen-bond acceptors (Lipinski definition) is 5. The summed E-state index contributed by atoms with van der Waals surface area (Å²) in [6.45, 7) is 0. The molecule has 7 nitrogen and oxygen atoms in total. The van der Waals surface area contributed by atoms with Crippen molar-refractivity contribution < 1.29 is 13.7 Å². The van der Waals surface area contributed by atoms with Crippen LogP contribution in [0.5, 0.6) is 0 Å². The maximum absolute atomic E-state index is 13.8. The molecule has 0 unspecified atom stereocenters. The second kappa shape index (κ2) is 9.34. The summed E-state index contributed by atoms with van der Waals surface area (Å²) >= 11 is 0. The highest BCUT2D eigenvalue weighted by molar-refractivity contribution is 5.76. The fraction of sp³-hybridized carbons (Fsp3) is 0.217. The number of aryl methyl sites for hydroxylation is 2. The number of halogens is 1. The minimum Gasteiger partial charge on any atom is -0.342 e. The first kappa shape index (κ1) is 20.5. The average molecular weight is 419 g/mol. The number of rotatable bonds is 8. The Labute approximate surface area is 178 Å². The minimum absolute atomic E-state index is 0.167. The molecular formula is C23H22FN5O2. The largest absolute Gasteiger partial charge is 0.342 e. The van der Waals surface area contributed by atoms with Gasteiger partial charge in [0.25, 0.3) is 0 Å². The van der Waals surface area contributed by atoms with Crippen LogP contribution in [-0.2, 0) is 18.3 Å². The van der Waals surface area contributed by atoms with Gasteiger partial charge in [-0.1, -0.05) is 47.6 Å². The fourth-order valence-electron chi connectivity index (χ4n) is 3.33. The Morgan fingerprint density at radius 1 is 1.19 bits per heavy atom. The molecular weight excluding hydrogens is 397 g/mol. The first-order valence-electron chi connectivity index (χ1n) is 10.00. The summed E-state index contributed by atoms with van der Waals surface area (Å²) in [5.74, 6) is 1.11. The molecule has 1 N–H and O–H groups in total. The standard InChI is InChI=1S/C23H22FN5O2/c1-29-14-13-25-23(29)21(17-9-5-10-18(24)15-17)26-19(30)11-6-12-20-27-22(28-31-20)16-7-3-2-4-8-16/h2-5,7-10,13-15,21H,6,11-12H2,1H3,(H,26,30)/t21-/m1/s1. The number of nitrogens with one attached hydrogen (secondary N) is 1. The minimum atomic E-state index is -0.545. The number of hydrogen-bond donors (Lipinski definition) is 1. The second-order valence-corrected chi connectivity index (χ2v) is 7.18. The molecule has 2 aromatic heterocycles. The van der Waals surface area contributed by atoms with Gasteiger partial charge >= 0.3 is 0 Å². The molecule has 0 aliphatic heterocycles. The third kappa shape index (κ3) is 5.03. The number of aromatic nitrogens is 4. The molecule has 0 bridgehead atoms. The summed E-state index contributed by atoms with van der Waals surface area (Å²) in [4.78, 5) is 21.3. The van der Waals surface area contributed by atoms with E-state index in [0.717, 1.165) is 5.56 Å². The lowest BCUT2D eigenvalue weighted by molar-refractivity contribution is -0.121. The smallest absolute Gasteiger partial charge is 0.226 e. The van der Waals surface area contributed by atoms with Crippen molar-refractivity contribution in [2.45, 2.75) is 25.3 Å². The van der Waals surface area contributed by atoms with Crippen LogP contribution >= 0.6 is 0 Å². The summed E-state index contributed by atoms with van der Waals surface area (Å²) in [7, 11) is 1.83. The summed E-state index contributed by atoms with van der Waals surface area (Å²) in [6, 6.07) is 15.2. The van der Waals surface area contributed by atoms with Crippen LogP contribution in [-0.4, -0.2) is 25.6 Å². The van der Waals surface area contributed by atoms with E-state index in [1.165, 1.54) is 12.1 Å². The van der Waals surface area contributed by atoms with Crippen molar-refractivity contribution in [1.82, 2.24) is 25.0 Å². The summed E-state index contributed by atoms with van der Waals surface area (Å²) in [6.07, 6.45) is 4.72. The van der Waals surface area contributed by atoms with Gasteiger partial charge in [0.05, 0.1) is 0 Å². The Balaban J connectivity index is 1.37. The molecule has 1 atom stereocenters. The predicted molar refractivity (Wildman–Crippen MR) is 112 cm³/mol.